The maximum Gasteiger partial charge on any atom is 0.0746 e. The van der Waals surface area contributed by atoms with Crippen LogP contribution >= 0.6 is 0 Å². The maximum atomic E-state index is 2.55. The minimum absolute atomic E-state index is 0.514. The molecule has 12 aromatic carbocycles. The van der Waals surface area contributed by atoms with Crippen molar-refractivity contribution in [3.05, 3.63) is 301 Å². The van der Waals surface area contributed by atoms with E-state index in [4.69, 9.17) is 0 Å². The Balaban J connectivity index is 0.866. The van der Waals surface area contributed by atoms with E-state index in [0.717, 1.165) is 17.1 Å². The van der Waals surface area contributed by atoms with E-state index in [1.54, 1.807) is 0 Å². The molecule has 0 saturated carbocycles. The average molecular weight is 927 g/mol. The van der Waals surface area contributed by atoms with E-state index in [1.165, 1.54) is 116 Å². The van der Waals surface area contributed by atoms with Gasteiger partial charge in [0.25, 0.3) is 0 Å². The molecule has 73 heavy (non-hydrogen) atoms. The van der Waals surface area contributed by atoms with Crippen LogP contribution in [0.5, 0.6) is 0 Å². The quantitative estimate of drug-likeness (QED) is 0.155. The third kappa shape index (κ3) is 6.17. The van der Waals surface area contributed by atoms with Gasteiger partial charge in [-0.15, -0.1) is 0 Å². The summed E-state index contributed by atoms with van der Waals surface area (Å²) in [7, 11) is 0. The highest BCUT2D eigenvalue weighted by molar-refractivity contribution is 6.12. The van der Waals surface area contributed by atoms with Gasteiger partial charge in [0, 0.05) is 33.4 Å². The molecule has 0 N–H and O–H groups in total. The molecule has 13 aromatic rings. The molecule has 1 spiro atoms. The van der Waals surface area contributed by atoms with Gasteiger partial charge in [-0.25, -0.2) is 0 Å². The smallest absolute Gasteiger partial charge is 0.0746 e. The van der Waals surface area contributed by atoms with Gasteiger partial charge in [-0.3, -0.25) is 0 Å². The lowest BCUT2D eigenvalue weighted by Gasteiger charge is -2.32. The fraction of sp³-hybridized carbons (Fsp3) is 0.0141. The normalized spacial score (nSPS) is 14.1. The van der Waals surface area contributed by atoms with Crippen molar-refractivity contribution in [3.8, 4) is 61.3 Å². The van der Waals surface area contributed by atoms with E-state index in [0.29, 0.717) is 0 Å². The molecule has 0 amide bonds. The zero-order valence-corrected chi connectivity index (χ0v) is 40.0. The number of aromatic nitrogens is 1. The minimum atomic E-state index is -0.514. The highest BCUT2D eigenvalue weighted by atomic mass is 15.1. The molecule has 15 rings (SSSR count). The molecule has 1 unspecified atom stereocenters. The van der Waals surface area contributed by atoms with Gasteiger partial charge in [0.15, 0.2) is 0 Å². The second-order valence-corrected chi connectivity index (χ2v) is 19.5. The standard InChI is InChI=1S/C71H46N2/c1-3-16-47(17-4-1)49-30-38-54(39-31-49)72(55-40-32-50(33-41-55)48-18-5-2-6-19-48)56-42-34-51(35-43-56)53-37-45-67-62(46-53)59-23-11-14-28-66(59)73(67)68-29-15-25-60-58-22-9-12-26-63(58)71(70(60)68)64-27-13-10-24-61(64)69-57-21-8-7-20-52(57)36-44-65(69)71/h1-46H. The molecule has 2 nitrogen and oxygen atoms in total. The lowest BCUT2D eigenvalue weighted by Crippen LogP contribution is -2.27. The summed E-state index contributed by atoms with van der Waals surface area (Å²) in [4.78, 5) is 2.36. The van der Waals surface area contributed by atoms with Crippen molar-refractivity contribution < 1.29 is 0 Å². The molecule has 0 aliphatic heterocycles. The first-order valence-corrected chi connectivity index (χ1v) is 25.3. The SMILES string of the molecule is c1ccc(-c2ccc(N(c3ccc(-c4ccccc4)cc3)c3ccc(-c4ccc5c(c4)c4ccccc4n5-c4cccc5c4C4(c6ccccc6-5)c5ccccc5-c5c4ccc4ccccc54)cc3)cc2)cc1. The monoisotopic (exact) mass is 926 g/mol. The van der Waals surface area contributed by atoms with E-state index < -0.39 is 5.41 Å². The summed E-state index contributed by atoms with van der Waals surface area (Å²) in [5.74, 6) is 0. The number of hydrogen-bond acceptors (Lipinski definition) is 1. The van der Waals surface area contributed by atoms with Gasteiger partial charge in [-0.1, -0.05) is 218 Å². The van der Waals surface area contributed by atoms with Gasteiger partial charge in [-0.2, -0.15) is 0 Å². The molecule has 0 fully saturated rings. The third-order valence-corrected chi connectivity index (χ3v) is 15.8. The van der Waals surface area contributed by atoms with Gasteiger partial charge >= 0.3 is 0 Å². The van der Waals surface area contributed by atoms with Crippen LogP contribution in [-0.2, 0) is 5.41 Å². The predicted molar refractivity (Wildman–Crippen MR) is 306 cm³/mol. The summed E-state index contributed by atoms with van der Waals surface area (Å²) in [5.41, 5.74) is 24.2. The molecule has 1 heterocycles. The lowest BCUT2D eigenvalue weighted by atomic mass is 9.70. The van der Waals surface area contributed by atoms with Crippen molar-refractivity contribution in [2.45, 2.75) is 5.41 Å². The molecule has 1 aromatic heterocycles. The van der Waals surface area contributed by atoms with Crippen LogP contribution in [0.4, 0.5) is 17.1 Å². The molecular weight excluding hydrogens is 881 g/mol. The Hall–Kier alpha value is -9.50. The Bertz CT molecular complexity index is 4200. The molecule has 0 saturated heterocycles. The van der Waals surface area contributed by atoms with Crippen molar-refractivity contribution >= 4 is 49.6 Å². The molecule has 2 heteroatoms. The Kier molecular flexibility index (Phi) is 9.21. The number of hydrogen-bond donors (Lipinski definition) is 0. The Morgan fingerprint density at radius 2 is 0.767 bits per heavy atom. The Morgan fingerprint density at radius 1 is 0.288 bits per heavy atom. The first-order valence-electron chi connectivity index (χ1n) is 25.3. The average Bonchev–Trinajstić information content (AvgIpc) is 4.13. The minimum Gasteiger partial charge on any atom is -0.311 e. The first-order chi connectivity index (χ1) is 36.2. The van der Waals surface area contributed by atoms with E-state index in [9.17, 15) is 0 Å². The van der Waals surface area contributed by atoms with Crippen LogP contribution < -0.4 is 4.90 Å². The highest BCUT2D eigenvalue weighted by Crippen LogP contribution is 2.65. The second kappa shape index (κ2) is 16.3. The van der Waals surface area contributed by atoms with Crippen molar-refractivity contribution in [1.29, 1.82) is 0 Å². The number of rotatable bonds is 7. The van der Waals surface area contributed by atoms with Crippen LogP contribution in [0.15, 0.2) is 279 Å². The van der Waals surface area contributed by atoms with Gasteiger partial charge in [0.1, 0.15) is 0 Å². The summed E-state index contributed by atoms with van der Waals surface area (Å²) in [6, 6.07) is 103. The fourth-order valence-corrected chi connectivity index (χ4v) is 12.7. The molecular formula is C71H46N2. The molecule has 0 radical (unpaired) electrons. The number of benzene rings is 12. The highest BCUT2D eigenvalue weighted by Gasteiger charge is 2.53. The van der Waals surface area contributed by atoms with Gasteiger partial charge < -0.3 is 9.47 Å². The molecule has 1 atom stereocenters. The number of nitrogens with zero attached hydrogens (tertiary/aromatic N) is 2. The van der Waals surface area contributed by atoms with Crippen molar-refractivity contribution in [3.63, 3.8) is 0 Å². The van der Waals surface area contributed by atoms with Crippen molar-refractivity contribution in [1.82, 2.24) is 4.57 Å². The fourth-order valence-electron chi connectivity index (χ4n) is 12.7. The van der Waals surface area contributed by atoms with Crippen LogP contribution in [0, 0.1) is 0 Å². The third-order valence-electron chi connectivity index (χ3n) is 15.8. The molecule has 0 bridgehead atoms. The summed E-state index contributed by atoms with van der Waals surface area (Å²) in [5, 5.41) is 5.03. The molecule has 340 valence electrons. The number of anilines is 3. The van der Waals surface area contributed by atoms with Crippen LogP contribution in [0.2, 0.25) is 0 Å². The zero-order valence-electron chi connectivity index (χ0n) is 40.0. The lowest BCUT2D eigenvalue weighted by molar-refractivity contribution is 0.786. The summed E-state index contributed by atoms with van der Waals surface area (Å²) >= 11 is 0. The van der Waals surface area contributed by atoms with Gasteiger partial charge in [0.05, 0.1) is 22.1 Å². The van der Waals surface area contributed by atoms with Crippen molar-refractivity contribution in [2.24, 2.45) is 0 Å². The van der Waals surface area contributed by atoms with Crippen LogP contribution in [0.1, 0.15) is 22.3 Å². The predicted octanol–water partition coefficient (Wildman–Crippen LogP) is 18.8. The van der Waals surface area contributed by atoms with Gasteiger partial charge in [0.2, 0.25) is 0 Å². The van der Waals surface area contributed by atoms with Crippen LogP contribution in [0.3, 0.4) is 0 Å². The Labute approximate surface area is 425 Å². The van der Waals surface area contributed by atoms with E-state index >= 15 is 0 Å². The molecule has 2 aliphatic rings. The maximum absolute atomic E-state index is 2.55. The summed E-state index contributed by atoms with van der Waals surface area (Å²) in [6.45, 7) is 0. The number of fused-ring (bicyclic) bond motifs is 15. The van der Waals surface area contributed by atoms with Crippen LogP contribution in [-0.4, -0.2) is 4.57 Å². The summed E-state index contributed by atoms with van der Waals surface area (Å²) in [6.07, 6.45) is 0. The van der Waals surface area contributed by atoms with E-state index in [2.05, 4.69) is 289 Å². The topological polar surface area (TPSA) is 8.17 Å². The van der Waals surface area contributed by atoms with Gasteiger partial charge in [-0.05, 0) is 144 Å². The zero-order chi connectivity index (χ0) is 48.0. The first kappa shape index (κ1) is 41.3. The van der Waals surface area contributed by atoms with E-state index in [1.807, 2.05) is 0 Å². The van der Waals surface area contributed by atoms with Crippen molar-refractivity contribution in [2.75, 3.05) is 4.90 Å². The largest absolute Gasteiger partial charge is 0.311 e. The summed E-state index contributed by atoms with van der Waals surface area (Å²) < 4.78 is 2.55. The second-order valence-electron chi connectivity index (χ2n) is 19.5. The van der Waals surface area contributed by atoms with Crippen LogP contribution in [0.25, 0.3) is 93.9 Å². The van der Waals surface area contributed by atoms with E-state index in [-0.39, 0.29) is 0 Å². The molecule has 2 aliphatic carbocycles. The Morgan fingerprint density at radius 3 is 1.42 bits per heavy atom. The number of para-hydroxylation sites is 1.